The van der Waals surface area contributed by atoms with Gasteiger partial charge in [0.25, 0.3) is 0 Å². The first-order valence-corrected chi connectivity index (χ1v) is 6.90. The average molecular weight is 279 g/mol. The molecule has 21 heavy (non-hydrogen) atoms. The van der Waals surface area contributed by atoms with Crippen LogP contribution in [-0.2, 0) is 11.3 Å². The number of nitrogens with one attached hydrogen (secondary N) is 1. The lowest BCUT2D eigenvalue weighted by Crippen LogP contribution is -2.18. The summed E-state index contributed by atoms with van der Waals surface area (Å²) in [5, 5.41) is 2.90. The fraction of sp³-hybridized carbons (Fsp3) is 0.176. The van der Waals surface area contributed by atoms with E-state index < -0.39 is 0 Å². The zero-order chi connectivity index (χ0) is 14.8. The molecule has 1 amide bonds. The number of benzene rings is 2. The standard InChI is InChI=1S/C17H17N3O/c1-12-6-8-14(9-7-12)19-16(21)10-20-11-18-15-5-3-4-13(2)17(15)20/h3-9,11H,10H2,1-2H3,(H,19,21). The molecule has 0 saturated heterocycles. The van der Waals surface area contributed by atoms with Gasteiger partial charge in [-0.3, -0.25) is 4.79 Å². The summed E-state index contributed by atoms with van der Waals surface area (Å²) in [5.74, 6) is -0.0543. The lowest BCUT2D eigenvalue weighted by molar-refractivity contribution is -0.116. The molecule has 0 aliphatic rings. The minimum atomic E-state index is -0.0543. The summed E-state index contributed by atoms with van der Waals surface area (Å²) < 4.78 is 1.88. The largest absolute Gasteiger partial charge is 0.325 e. The number of amides is 1. The lowest BCUT2D eigenvalue weighted by Gasteiger charge is -2.08. The Kier molecular flexibility index (Phi) is 3.44. The van der Waals surface area contributed by atoms with Crippen LogP contribution >= 0.6 is 0 Å². The number of imidazole rings is 1. The van der Waals surface area contributed by atoms with Gasteiger partial charge in [-0.1, -0.05) is 29.8 Å². The molecule has 1 aromatic heterocycles. The third-order valence-corrected chi connectivity index (χ3v) is 3.49. The van der Waals surface area contributed by atoms with E-state index in [-0.39, 0.29) is 12.5 Å². The van der Waals surface area contributed by atoms with Crippen molar-refractivity contribution in [2.24, 2.45) is 0 Å². The molecule has 0 aliphatic carbocycles. The number of fused-ring (bicyclic) bond motifs is 1. The predicted octanol–water partition coefficient (Wildman–Crippen LogP) is 3.29. The van der Waals surface area contributed by atoms with Crippen molar-refractivity contribution >= 4 is 22.6 Å². The van der Waals surface area contributed by atoms with Gasteiger partial charge < -0.3 is 9.88 Å². The summed E-state index contributed by atoms with van der Waals surface area (Å²) in [4.78, 5) is 16.5. The molecule has 3 aromatic rings. The van der Waals surface area contributed by atoms with Gasteiger partial charge in [-0.2, -0.15) is 0 Å². The summed E-state index contributed by atoms with van der Waals surface area (Å²) in [6.07, 6.45) is 1.71. The smallest absolute Gasteiger partial charge is 0.244 e. The molecule has 0 bridgehead atoms. The van der Waals surface area contributed by atoms with Crippen molar-refractivity contribution in [2.75, 3.05) is 5.32 Å². The van der Waals surface area contributed by atoms with Gasteiger partial charge in [0.1, 0.15) is 6.54 Å². The molecule has 0 radical (unpaired) electrons. The molecule has 1 N–H and O–H groups in total. The Bertz CT molecular complexity index is 787. The molecule has 4 nitrogen and oxygen atoms in total. The summed E-state index contributed by atoms with van der Waals surface area (Å²) >= 11 is 0. The SMILES string of the molecule is Cc1ccc(NC(=O)Cn2cnc3cccc(C)c32)cc1. The first-order valence-electron chi connectivity index (χ1n) is 6.90. The van der Waals surface area contributed by atoms with Crippen LogP contribution in [0.25, 0.3) is 11.0 Å². The minimum absolute atomic E-state index is 0.0543. The molecule has 2 aromatic carbocycles. The van der Waals surface area contributed by atoms with Gasteiger partial charge in [0, 0.05) is 5.69 Å². The number of hydrogen-bond acceptors (Lipinski definition) is 2. The predicted molar refractivity (Wildman–Crippen MR) is 84.3 cm³/mol. The van der Waals surface area contributed by atoms with Crippen LogP contribution < -0.4 is 5.32 Å². The van der Waals surface area contributed by atoms with E-state index in [1.165, 1.54) is 5.56 Å². The van der Waals surface area contributed by atoms with Gasteiger partial charge in [0.2, 0.25) is 5.91 Å². The second-order valence-electron chi connectivity index (χ2n) is 5.23. The van der Waals surface area contributed by atoms with Gasteiger partial charge in [0.15, 0.2) is 0 Å². The molecular formula is C17H17N3O. The maximum Gasteiger partial charge on any atom is 0.244 e. The Hall–Kier alpha value is -2.62. The molecule has 0 unspecified atom stereocenters. The highest BCUT2D eigenvalue weighted by molar-refractivity contribution is 5.91. The van der Waals surface area contributed by atoms with Crippen molar-refractivity contribution in [2.45, 2.75) is 20.4 Å². The third-order valence-electron chi connectivity index (χ3n) is 3.49. The Balaban J connectivity index is 1.79. The van der Waals surface area contributed by atoms with E-state index in [1.54, 1.807) is 6.33 Å². The third kappa shape index (κ3) is 2.79. The van der Waals surface area contributed by atoms with E-state index in [9.17, 15) is 4.79 Å². The first-order chi connectivity index (χ1) is 10.1. The van der Waals surface area contributed by atoms with E-state index >= 15 is 0 Å². The average Bonchev–Trinajstić information content (AvgIpc) is 2.86. The molecule has 0 fully saturated rings. The van der Waals surface area contributed by atoms with E-state index in [0.29, 0.717) is 0 Å². The zero-order valence-electron chi connectivity index (χ0n) is 12.1. The molecule has 1 heterocycles. The Morgan fingerprint density at radius 3 is 2.67 bits per heavy atom. The monoisotopic (exact) mass is 279 g/mol. The summed E-state index contributed by atoms with van der Waals surface area (Å²) in [7, 11) is 0. The van der Waals surface area contributed by atoms with E-state index in [4.69, 9.17) is 0 Å². The molecule has 0 spiro atoms. The normalized spacial score (nSPS) is 10.8. The van der Waals surface area contributed by atoms with Crippen molar-refractivity contribution in [1.29, 1.82) is 0 Å². The molecule has 0 atom stereocenters. The molecular weight excluding hydrogens is 262 g/mol. The number of rotatable bonds is 3. The number of aryl methyl sites for hydroxylation is 2. The molecule has 3 rings (SSSR count). The maximum atomic E-state index is 12.2. The van der Waals surface area contributed by atoms with Crippen LogP contribution in [0.5, 0.6) is 0 Å². The van der Waals surface area contributed by atoms with E-state index in [0.717, 1.165) is 22.3 Å². The molecule has 4 heteroatoms. The lowest BCUT2D eigenvalue weighted by atomic mass is 10.2. The highest BCUT2D eigenvalue weighted by Crippen LogP contribution is 2.17. The molecule has 0 saturated carbocycles. The fourth-order valence-electron chi connectivity index (χ4n) is 2.42. The van der Waals surface area contributed by atoms with Crippen LogP contribution in [0, 0.1) is 13.8 Å². The van der Waals surface area contributed by atoms with E-state index in [2.05, 4.69) is 10.3 Å². The number of nitrogens with zero attached hydrogens (tertiary/aromatic N) is 2. The molecule has 106 valence electrons. The number of aromatic nitrogens is 2. The second kappa shape index (κ2) is 5.40. The zero-order valence-corrected chi connectivity index (χ0v) is 12.1. The fourth-order valence-corrected chi connectivity index (χ4v) is 2.42. The van der Waals surface area contributed by atoms with Crippen molar-refractivity contribution in [1.82, 2.24) is 9.55 Å². The van der Waals surface area contributed by atoms with Crippen LogP contribution in [0.3, 0.4) is 0 Å². The van der Waals surface area contributed by atoms with Crippen LogP contribution in [0.4, 0.5) is 5.69 Å². The Morgan fingerprint density at radius 1 is 1.14 bits per heavy atom. The second-order valence-corrected chi connectivity index (χ2v) is 5.23. The number of para-hydroxylation sites is 1. The summed E-state index contributed by atoms with van der Waals surface area (Å²) in [6.45, 7) is 4.31. The number of carbonyl (C=O) groups is 1. The number of anilines is 1. The van der Waals surface area contributed by atoms with Crippen molar-refractivity contribution < 1.29 is 4.79 Å². The van der Waals surface area contributed by atoms with Gasteiger partial charge in [-0.25, -0.2) is 4.98 Å². The molecule has 0 aliphatic heterocycles. The van der Waals surface area contributed by atoms with Crippen LogP contribution in [0.2, 0.25) is 0 Å². The van der Waals surface area contributed by atoms with Crippen LogP contribution in [0.1, 0.15) is 11.1 Å². The summed E-state index contributed by atoms with van der Waals surface area (Å²) in [6, 6.07) is 13.7. The van der Waals surface area contributed by atoms with Crippen molar-refractivity contribution in [3.05, 3.63) is 59.9 Å². The highest BCUT2D eigenvalue weighted by Gasteiger charge is 2.09. The highest BCUT2D eigenvalue weighted by atomic mass is 16.1. The number of hydrogen-bond donors (Lipinski definition) is 1. The van der Waals surface area contributed by atoms with Crippen LogP contribution in [-0.4, -0.2) is 15.5 Å². The van der Waals surface area contributed by atoms with E-state index in [1.807, 2.05) is 60.9 Å². The maximum absolute atomic E-state index is 12.2. The Morgan fingerprint density at radius 2 is 1.90 bits per heavy atom. The van der Waals surface area contributed by atoms with Crippen molar-refractivity contribution in [3.63, 3.8) is 0 Å². The first kappa shape index (κ1) is 13.4. The van der Waals surface area contributed by atoms with Gasteiger partial charge in [0.05, 0.1) is 17.4 Å². The summed E-state index contributed by atoms with van der Waals surface area (Å²) in [5.41, 5.74) is 5.03. The van der Waals surface area contributed by atoms with Gasteiger partial charge in [-0.05, 0) is 37.6 Å². The van der Waals surface area contributed by atoms with Gasteiger partial charge in [-0.15, -0.1) is 0 Å². The minimum Gasteiger partial charge on any atom is -0.325 e. The topological polar surface area (TPSA) is 46.9 Å². The van der Waals surface area contributed by atoms with Crippen LogP contribution in [0.15, 0.2) is 48.8 Å². The quantitative estimate of drug-likeness (QED) is 0.799. The van der Waals surface area contributed by atoms with Gasteiger partial charge >= 0.3 is 0 Å². The Labute approximate surface area is 123 Å². The van der Waals surface area contributed by atoms with Crippen molar-refractivity contribution in [3.8, 4) is 0 Å². The number of carbonyl (C=O) groups excluding carboxylic acids is 1.